The molecule has 1 fully saturated rings. The van der Waals surface area contributed by atoms with Gasteiger partial charge in [-0.2, -0.15) is 0 Å². The minimum atomic E-state index is -0.132. The number of anilines is 2. The third kappa shape index (κ3) is 6.41. The van der Waals surface area contributed by atoms with Gasteiger partial charge in [-0.15, -0.1) is 0 Å². The van der Waals surface area contributed by atoms with Gasteiger partial charge in [0.1, 0.15) is 0 Å². The number of piperazine rings is 1. The van der Waals surface area contributed by atoms with E-state index in [-0.39, 0.29) is 11.9 Å². The minimum absolute atomic E-state index is 0.105. The van der Waals surface area contributed by atoms with E-state index in [4.69, 9.17) is 4.99 Å². The van der Waals surface area contributed by atoms with Crippen LogP contribution in [0.4, 0.5) is 11.4 Å². The molecule has 8 heteroatoms. The highest BCUT2D eigenvalue weighted by molar-refractivity contribution is 6.05. The highest BCUT2D eigenvalue weighted by Crippen LogP contribution is 2.23. The Bertz CT molecular complexity index is 1300. The molecule has 2 aliphatic heterocycles. The lowest BCUT2D eigenvalue weighted by Gasteiger charge is -2.27. The maximum atomic E-state index is 12.9. The number of aromatic nitrogens is 1. The Balaban J connectivity index is 1.25. The number of nitrogens with one attached hydrogen (secondary N) is 4. The predicted octanol–water partition coefficient (Wildman–Crippen LogP) is 3.85. The number of carbonyl (C=O) groups excluding carboxylic acids is 1. The van der Waals surface area contributed by atoms with Crippen LogP contribution in [-0.4, -0.2) is 54.0 Å². The van der Waals surface area contributed by atoms with E-state index in [9.17, 15) is 4.79 Å². The summed E-state index contributed by atoms with van der Waals surface area (Å²) >= 11 is 0. The van der Waals surface area contributed by atoms with Gasteiger partial charge in [-0.25, -0.2) is 4.99 Å². The molecule has 0 saturated carbocycles. The van der Waals surface area contributed by atoms with Gasteiger partial charge < -0.3 is 21.3 Å². The topological polar surface area (TPSA) is 93.7 Å². The zero-order chi connectivity index (χ0) is 25.6. The van der Waals surface area contributed by atoms with Gasteiger partial charge in [0.15, 0.2) is 0 Å². The molecule has 0 radical (unpaired) electrons. The summed E-state index contributed by atoms with van der Waals surface area (Å²) in [5.41, 5.74) is 6.32. The van der Waals surface area contributed by atoms with E-state index in [1.807, 2.05) is 67.7 Å². The molecule has 3 aromatic rings. The molecule has 2 aliphatic rings. The van der Waals surface area contributed by atoms with Crippen molar-refractivity contribution in [2.24, 2.45) is 4.99 Å². The van der Waals surface area contributed by atoms with Crippen molar-refractivity contribution in [3.63, 3.8) is 0 Å². The Morgan fingerprint density at radius 1 is 1.11 bits per heavy atom. The smallest absolute Gasteiger partial charge is 0.255 e. The molecule has 1 aromatic heterocycles. The van der Waals surface area contributed by atoms with Crippen molar-refractivity contribution in [2.75, 3.05) is 36.8 Å². The van der Waals surface area contributed by atoms with Gasteiger partial charge >= 0.3 is 0 Å². The molecule has 1 saturated heterocycles. The van der Waals surface area contributed by atoms with Gasteiger partial charge in [0.2, 0.25) is 5.96 Å². The lowest BCUT2D eigenvalue weighted by molar-refractivity contribution is 0.102. The van der Waals surface area contributed by atoms with Crippen LogP contribution in [0.15, 0.2) is 78.1 Å². The fourth-order valence-electron chi connectivity index (χ4n) is 4.48. The Morgan fingerprint density at radius 2 is 1.92 bits per heavy atom. The van der Waals surface area contributed by atoms with E-state index in [2.05, 4.69) is 44.2 Å². The maximum absolute atomic E-state index is 12.9. The lowest BCUT2D eigenvalue weighted by Crippen LogP contribution is -2.42. The van der Waals surface area contributed by atoms with E-state index in [1.165, 1.54) is 5.56 Å². The van der Waals surface area contributed by atoms with Gasteiger partial charge in [0.25, 0.3) is 5.91 Å². The van der Waals surface area contributed by atoms with Crippen molar-refractivity contribution in [3.05, 3.63) is 95.3 Å². The number of rotatable bonds is 6. The van der Waals surface area contributed by atoms with Gasteiger partial charge in [-0.05, 0) is 67.4 Å². The predicted molar refractivity (Wildman–Crippen MR) is 150 cm³/mol. The number of guanidine groups is 1. The minimum Gasteiger partial charge on any atom is -0.350 e. The van der Waals surface area contributed by atoms with E-state index in [1.54, 1.807) is 6.20 Å². The maximum Gasteiger partial charge on any atom is 0.255 e. The second-order valence-electron chi connectivity index (χ2n) is 9.52. The van der Waals surface area contributed by atoms with E-state index in [0.29, 0.717) is 11.5 Å². The van der Waals surface area contributed by atoms with E-state index >= 15 is 0 Å². The van der Waals surface area contributed by atoms with Crippen LogP contribution in [0.1, 0.15) is 34.0 Å². The Labute approximate surface area is 217 Å². The lowest BCUT2D eigenvalue weighted by atomic mass is 10.1. The molecule has 190 valence electrons. The number of nitrogens with zero attached hydrogens (tertiary/aromatic N) is 3. The quantitative estimate of drug-likeness (QED) is 0.415. The summed E-state index contributed by atoms with van der Waals surface area (Å²) < 4.78 is 0. The van der Waals surface area contributed by atoms with Crippen molar-refractivity contribution in [1.82, 2.24) is 20.5 Å². The highest BCUT2D eigenvalue weighted by atomic mass is 16.1. The van der Waals surface area contributed by atoms with Crippen LogP contribution in [0.3, 0.4) is 0 Å². The number of pyridine rings is 1. The summed E-state index contributed by atoms with van der Waals surface area (Å²) in [7, 11) is 0. The monoisotopic (exact) mass is 495 g/mol. The van der Waals surface area contributed by atoms with Gasteiger partial charge in [0.05, 0.1) is 5.70 Å². The molecule has 1 atom stereocenters. The van der Waals surface area contributed by atoms with E-state index in [0.717, 1.165) is 60.9 Å². The first kappa shape index (κ1) is 24.7. The first-order chi connectivity index (χ1) is 18.0. The van der Waals surface area contributed by atoms with Crippen LogP contribution in [0.25, 0.3) is 5.70 Å². The van der Waals surface area contributed by atoms with Crippen molar-refractivity contribution < 1.29 is 4.79 Å². The summed E-state index contributed by atoms with van der Waals surface area (Å²) in [5.74, 6) is 0.521. The Hall–Kier alpha value is -4.01. The van der Waals surface area contributed by atoms with Gasteiger partial charge in [0, 0.05) is 73.7 Å². The standard InChI is InChI=1S/C29H33N7O/c1-20-5-10-25(33-28(37)23-8-6-22(7-9-23)19-36-14-12-30-13-15-36)17-26(20)34-29-32-21(2)16-27(35-29)24-4-3-11-31-18-24/h3-11,16-18,21,30H,12-15,19H2,1-2H3,(H,33,37)(H2,32,34,35). The third-order valence-corrected chi connectivity index (χ3v) is 6.54. The summed E-state index contributed by atoms with van der Waals surface area (Å²) in [6.45, 7) is 9.16. The van der Waals surface area contributed by atoms with Crippen LogP contribution >= 0.6 is 0 Å². The SMILES string of the molecule is Cc1ccc(NC(=O)c2ccc(CN3CCNCC3)cc2)cc1NC1=NC(c2cccnc2)=CC(C)N1. The average Bonchev–Trinajstić information content (AvgIpc) is 2.92. The Morgan fingerprint density at radius 3 is 2.68 bits per heavy atom. The number of hydrogen-bond donors (Lipinski definition) is 4. The van der Waals surface area contributed by atoms with Crippen molar-refractivity contribution in [1.29, 1.82) is 0 Å². The molecular weight excluding hydrogens is 462 g/mol. The highest BCUT2D eigenvalue weighted by Gasteiger charge is 2.16. The van der Waals surface area contributed by atoms with Crippen LogP contribution < -0.4 is 21.3 Å². The zero-order valence-corrected chi connectivity index (χ0v) is 21.3. The van der Waals surface area contributed by atoms with Crippen molar-refractivity contribution >= 4 is 28.9 Å². The molecule has 0 spiro atoms. The number of aliphatic imine (C=N–C) groups is 1. The molecule has 2 aromatic carbocycles. The molecule has 0 aliphatic carbocycles. The van der Waals surface area contributed by atoms with Crippen LogP contribution in [0.2, 0.25) is 0 Å². The third-order valence-electron chi connectivity index (χ3n) is 6.54. The molecular formula is C29H33N7O. The average molecular weight is 496 g/mol. The fraction of sp³-hybridized carbons (Fsp3) is 0.276. The molecule has 8 nitrogen and oxygen atoms in total. The molecule has 3 heterocycles. The number of carbonyl (C=O) groups is 1. The number of amides is 1. The zero-order valence-electron chi connectivity index (χ0n) is 21.3. The number of aryl methyl sites for hydroxylation is 1. The molecule has 5 rings (SSSR count). The Kier molecular flexibility index (Phi) is 7.58. The van der Waals surface area contributed by atoms with Gasteiger partial charge in [-0.3, -0.25) is 14.7 Å². The first-order valence-corrected chi connectivity index (χ1v) is 12.7. The second kappa shape index (κ2) is 11.4. The molecule has 1 unspecified atom stereocenters. The summed E-state index contributed by atoms with van der Waals surface area (Å²) in [6.07, 6.45) is 5.63. The number of benzene rings is 2. The van der Waals surface area contributed by atoms with Crippen LogP contribution in [0, 0.1) is 6.92 Å². The van der Waals surface area contributed by atoms with Crippen LogP contribution in [0.5, 0.6) is 0 Å². The second-order valence-corrected chi connectivity index (χ2v) is 9.52. The molecule has 0 bridgehead atoms. The van der Waals surface area contributed by atoms with Crippen LogP contribution in [-0.2, 0) is 6.54 Å². The van der Waals surface area contributed by atoms with Crippen molar-refractivity contribution in [2.45, 2.75) is 26.4 Å². The van der Waals surface area contributed by atoms with E-state index < -0.39 is 0 Å². The number of hydrogen-bond acceptors (Lipinski definition) is 7. The fourth-order valence-corrected chi connectivity index (χ4v) is 4.48. The van der Waals surface area contributed by atoms with Gasteiger partial charge in [-0.1, -0.05) is 18.2 Å². The summed E-state index contributed by atoms with van der Waals surface area (Å²) in [5, 5.41) is 13.2. The molecule has 1 amide bonds. The summed E-state index contributed by atoms with van der Waals surface area (Å²) in [6, 6.07) is 17.7. The summed E-state index contributed by atoms with van der Waals surface area (Å²) in [4.78, 5) is 24.3. The van der Waals surface area contributed by atoms with Crippen molar-refractivity contribution in [3.8, 4) is 0 Å². The molecule has 4 N–H and O–H groups in total. The largest absolute Gasteiger partial charge is 0.350 e. The molecule has 37 heavy (non-hydrogen) atoms. The normalized spacial score (nSPS) is 17.8. The first-order valence-electron chi connectivity index (χ1n) is 12.7.